The number of carbonyl (C=O) groups is 1. The van der Waals surface area contributed by atoms with Crippen LogP contribution in [0.25, 0.3) is 0 Å². The van der Waals surface area contributed by atoms with E-state index in [2.05, 4.69) is 42.0 Å². The lowest BCUT2D eigenvalue weighted by atomic mass is 10.0. The largest absolute Gasteiger partial charge is 0.483 e. The number of amides is 1. The van der Waals surface area contributed by atoms with Crippen molar-refractivity contribution in [3.63, 3.8) is 0 Å². The molecule has 5 heteroatoms. The number of carbonyl (C=O) groups excluding carboxylic acids is 1. The predicted molar refractivity (Wildman–Crippen MR) is 89.5 cm³/mol. The van der Waals surface area contributed by atoms with E-state index in [9.17, 15) is 4.79 Å². The van der Waals surface area contributed by atoms with Gasteiger partial charge in [0.2, 0.25) is 0 Å². The summed E-state index contributed by atoms with van der Waals surface area (Å²) in [5.41, 5.74) is 7.03. The van der Waals surface area contributed by atoms with Crippen molar-refractivity contribution < 1.29 is 9.53 Å². The van der Waals surface area contributed by atoms with Crippen molar-refractivity contribution in [1.29, 1.82) is 0 Å². The predicted octanol–water partition coefficient (Wildman–Crippen LogP) is 2.88. The first-order valence-electron chi connectivity index (χ1n) is 7.35. The summed E-state index contributed by atoms with van der Waals surface area (Å²) in [6.45, 7) is 6.86. The molecule has 0 aliphatic carbocycles. The lowest BCUT2D eigenvalue weighted by Crippen LogP contribution is -2.32. The fraction of sp³-hybridized carbons (Fsp3) is 0.562. The van der Waals surface area contributed by atoms with Crippen LogP contribution in [0.3, 0.4) is 0 Å². The average Bonchev–Trinajstić information content (AvgIpc) is 2.44. The van der Waals surface area contributed by atoms with Crippen LogP contribution in [0.2, 0.25) is 0 Å². The van der Waals surface area contributed by atoms with Crippen LogP contribution >= 0.6 is 15.9 Å². The molecule has 1 amide bonds. The van der Waals surface area contributed by atoms with Crippen LogP contribution in [-0.4, -0.2) is 25.1 Å². The minimum absolute atomic E-state index is 0.0305. The van der Waals surface area contributed by atoms with E-state index in [1.165, 1.54) is 0 Å². The zero-order chi connectivity index (χ0) is 15.8. The first kappa shape index (κ1) is 18.0. The van der Waals surface area contributed by atoms with Crippen molar-refractivity contribution in [3.8, 4) is 5.75 Å². The van der Waals surface area contributed by atoms with Crippen molar-refractivity contribution in [2.75, 3.05) is 13.2 Å². The molecule has 0 spiro atoms. The van der Waals surface area contributed by atoms with Gasteiger partial charge in [-0.3, -0.25) is 4.79 Å². The lowest BCUT2D eigenvalue weighted by Gasteiger charge is -2.15. The maximum atomic E-state index is 11.7. The van der Waals surface area contributed by atoms with Gasteiger partial charge in [0.05, 0.1) is 0 Å². The van der Waals surface area contributed by atoms with Crippen LogP contribution < -0.4 is 15.8 Å². The highest BCUT2D eigenvalue weighted by Gasteiger charge is 2.10. The Kier molecular flexibility index (Phi) is 7.75. The number of nitrogens with one attached hydrogen (secondary N) is 1. The van der Waals surface area contributed by atoms with Crippen molar-refractivity contribution in [3.05, 3.63) is 28.2 Å². The van der Waals surface area contributed by atoms with Crippen molar-refractivity contribution in [1.82, 2.24) is 5.32 Å². The van der Waals surface area contributed by atoms with Gasteiger partial charge in [0, 0.05) is 17.1 Å². The molecule has 4 nitrogen and oxygen atoms in total. The number of rotatable bonds is 8. The molecule has 0 radical (unpaired) electrons. The quantitative estimate of drug-likeness (QED) is 0.752. The molecule has 118 valence electrons. The molecular formula is C16H25BrN2O2. The van der Waals surface area contributed by atoms with E-state index >= 15 is 0 Å². The normalized spacial score (nSPS) is 12.3. The van der Waals surface area contributed by atoms with Crippen LogP contribution in [0.4, 0.5) is 0 Å². The number of halogens is 1. The van der Waals surface area contributed by atoms with Crippen LogP contribution in [0.1, 0.15) is 32.8 Å². The third-order valence-corrected chi connectivity index (χ3v) is 3.59. The number of hydrogen-bond donors (Lipinski definition) is 2. The Labute approximate surface area is 135 Å². The van der Waals surface area contributed by atoms with E-state index in [0.29, 0.717) is 12.5 Å². The molecule has 0 fully saturated rings. The summed E-state index contributed by atoms with van der Waals surface area (Å²) in [5.74, 6) is 1.05. The summed E-state index contributed by atoms with van der Waals surface area (Å²) in [4.78, 5) is 11.7. The van der Waals surface area contributed by atoms with Gasteiger partial charge in [0.1, 0.15) is 5.75 Å². The second-order valence-corrected chi connectivity index (χ2v) is 6.53. The van der Waals surface area contributed by atoms with Crippen molar-refractivity contribution in [2.24, 2.45) is 11.7 Å². The summed E-state index contributed by atoms with van der Waals surface area (Å²) < 4.78 is 6.63. The number of ether oxygens (including phenoxy) is 1. The highest BCUT2D eigenvalue weighted by molar-refractivity contribution is 9.10. The van der Waals surface area contributed by atoms with Gasteiger partial charge in [-0.1, -0.05) is 36.7 Å². The highest BCUT2D eigenvalue weighted by atomic mass is 79.9. The Hall–Kier alpha value is -1.07. The topological polar surface area (TPSA) is 64.3 Å². The summed E-state index contributed by atoms with van der Waals surface area (Å²) in [6, 6.07) is 5.87. The standard InChI is InChI=1S/C16H25BrN2O2/c1-4-14(18)8-12-7-13(17)5-6-15(12)21-10-16(20)19-9-11(2)3/h5-7,11,14H,4,8-10,18H2,1-3H3,(H,19,20). The third-order valence-electron chi connectivity index (χ3n) is 3.10. The Morgan fingerprint density at radius 3 is 2.76 bits per heavy atom. The molecule has 0 saturated carbocycles. The van der Waals surface area contributed by atoms with Crippen molar-refractivity contribution in [2.45, 2.75) is 39.7 Å². The molecular weight excluding hydrogens is 332 g/mol. The van der Waals surface area contributed by atoms with Crippen LogP contribution in [0.15, 0.2) is 22.7 Å². The maximum absolute atomic E-state index is 11.7. The molecule has 0 aromatic heterocycles. The summed E-state index contributed by atoms with van der Waals surface area (Å²) >= 11 is 3.45. The van der Waals surface area contributed by atoms with Gasteiger partial charge in [-0.05, 0) is 42.5 Å². The maximum Gasteiger partial charge on any atom is 0.257 e. The molecule has 3 N–H and O–H groups in total. The summed E-state index contributed by atoms with van der Waals surface area (Å²) in [7, 11) is 0. The van der Waals surface area contributed by atoms with Gasteiger partial charge < -0.3 is 15.8 Å². The first-order valence-corrected chi connectivity index (χ1v) is 8.15. The number of benzene rings is 1. The van der Waals surface area contributed by atoms with Crippen molar-refractivity contribution >= 4 is 21.8 Å². The molecule has 1 aromatic rings. The Balaban J connectivity index is 2.63. The van der Waals surface area contributed by atoms with E-state index in [1.54, 1.807) is 0 Å². The molecule has 0 bridgehead atoms. The van der Waals surface area contributed by atoms with Gasteiger partial charge in [0.15, 0.2) is 6.61 Å². The Morgan fingerprint density at radius 1 is 1.43 bits per heavy atom. The number of hydrogen-bond acceptors (Lipinski definition) is 3. The smallest absolute Gasteiger partial charge is 0.257 e. The minimum Gasteiger partial charge on any atom is -0.483 e. The van der Waals surface area contributed by atoms with Gasteiger partial charge in [-0.15, -0.1) is 0 Å². The summed E-state index contributed by atoms with van der Waals surface area (Å²) in [5, 5.41) is 2.84. The van der Waals surface area contributed by atoms with E-state index in [0.717, 1.165) is 28.6 Å². The molecule has 0 aliphatic heterocycles. The van der Waals surface area contributed by atoms with E-state index in [1.807, 2.05) is 18.2 Å². The van der Waals surface area contributed by atoms with E-state index in [-0.39, 0.29) is 18.6 Å². The molecule has 0 aliphatic rings. The minimum atomic E-state index is -0.0997. The second-order valence-electron chi connectivity index (χ2n) is 5.61. The third kappa shape index (κ3) is 6.96. The van der Waals surface area contributed by atoms with Crippen LogP contribution in [0.5, 0.6) is 5.75 Å². The van der Waals surface area contributed by atoms with E-state index in [4.69, 9.17) is 10.5 Å². The fourth-order valence-electron chi connectivity index (χ4n) is 1.79. The van der Waals surface area contributed by atoms with E-state index < -0.39 is 0 Å². The van der Waals surface area contributed by atoms with Gasteiger partial charge >= 0.3 is 0 Å². The molecule has 1 rings (SSSR count). The fourth-order valence-corrected chi connectivity index (χ4v) is 2.20. The molecule has 1 unspecified atom stereocenters. The molecule has 0 heterocycles. The zero-order valence-electron chi connectivity index (χ0n) is 13.0. The SMILES string of the molecule is CCC(N)Cc1cc(Br)ccc1OCC(=O)NCC(C)C. The molecule has 1 aromatic carbocycles. The van der Waals surface area contributed by atoms with Crippen LogP contribution in [-0.2, 0) is 11.2 Å². The highest BCUT2D eigenvalue weighted by Crippen LogP contribution is 2.24. The van der Waals surface area contributed by atoms with Gasteiger partial charge in [-0.25, -0.2) is 0 Å². The van der Waals surface area contributed by atoms with Crippen LogP contribution in [0, 0.1) is 5.92 Å². The zero-order valence-corrected chi connectivity index (χ0v) is 14.6. The number of nitrogens with two attached hydrogens (primary N) is 1. The summed E-state index contributed by atoms with van der Waals surface area (Å²) in [6.07, 6.45) is 1.64. The molecule has 0 saturated heterocycles. The first-order chi connectivity index (χ1) is 9.92. The monoisotopic (exact) mass is 356 g/mol. The average molecular weight is 357 g/mol. The van der Waals surface area contributed by atoms with Gasteiger partial charge in [-0.2, -0.15) is 0 Å². The molecule has 1 atom stereocenters. The molecule has 21 heavy (non-hydrogen) atoms. The lowest BCUT2D eigenvalue weighted by molar-refractivity contribution is -0.123. The second kappa shape index (κ2) is 9.05. The Morgan fingerprint density at radius 2 is 2.14 bits per heavy atom. The Bertz CT molecular complexity index is 464. The van der Waals surface area contributed by atoms with Gasteiger partial charge in [0.25, 0.3) is 5.91 Å².